The largest absolute Gasteiger partial charge is 0.493 e. The molecule has 27 heavy (non-hydrogen) atoms. The molecule has 1 aliphatic heterocycles. The summed E-state index contributed by atoms with van der Waals surface area (Å²) >= 11 is 0. The Bertz CT molecular complexity index is 845. The van der Waals surface area contributed by atoms with Crippen LogP contribution in [0.15, 0.2) is 29.3 Å². The summed E-state index contributed by atoms with van der Waals surface area (Å²) < 4.78 is 11.4. The molecule has 0 N–H and O–H groups in total. The van der Waals surface area contributed by atoms with Crippen LogP contribution in [0, 0.1) is 12.8 Å². The number of aliphatic imine (C=N–C) groups is 1. The Hall–Kier alpha value is -2.56. The maximum Gasteiger partial charge on any atom is 0.210 e. The van der Waals surface area contributed by atoms with Crippen LogP contribution in [0.2, 0.25) is 0 Å². The molecule has 0 aliphatic carbocycles. The minimum atomic E-state index is 0.0957. The van der Waals surface area contributed by atoms with Crippen molar-refractivity contribution in [2.24, 2.45) is 10.9 Å². The average Bonchev–Trinajstić information content (AvgIpc) is 3.11. The highest BCUT2D eigenvalue weighted by Crippen LogP contribution is 2.35. The normalized spacial score (nSPS) is 17.2. The summed E-state index contributed by atoms with van der Waals surface area (Å²) in [6.07, 6.45) is 4.82. The lowest BCUT2D eigenvalue weighted by Crippen LogP contribution is -2.28. The Labute approximate surface area is 161 Å². The van der Waals surface area contributed by atoms with E-state index in [-0.39, 0.29) is 6.04 Å². The van der Waals surface area contributed by atoms with Crippen LogP contribution in [-0.4, -0.2) is 43.8 Å². The van der Waals surface area contributed by atoms with Crippen LogP contribution < -0.4 is 9.47 Å². The molecule has 1 heterocycles. The zero-order valence-corrected chi connectivity index (χ0v) is 16.6. The van der Waals surface area contributed by atoms with Gasteiger partial charge in [-0.3, -0.25) is 9.79 Å². The van der Waals surface area contributed by atoms with E-state index in [1.54, 1.807) is 7.11 Å². The molecule has 0 bridgehead atoms. The molecular weight excluding hydrogens is 340 g/mol. The number of benzene rings is 2. The summed E-state index contributed by atoms with van der Waals surface area (Å²) in [5, 5.41) is 2.15. The van der Waals surface area contributed by atoms with Gasteiger partial charge in [0, 0.05) is 12.8 Å². The number of hydrogen-bond donors (Lipinski definition) is 0. The van der Waals surface area contributed by atoms with Gasteiger partial charge in [-0.05, 0) is 66.3 Å². The molecule has 1 aliphatic rings. The standard InChI is InChI=1S/C22H28N2O3/c1-15(2)13-27-22-11-18-9-20(16(3)8-17(18)10-21(22)26-4)23-12-19-6-5-7-24(19)14-25/h8-12,14-15,19H,5-7,13H2,1-4H3. The molecule has 1 amide bonds. The number of carbonyl (C=O) groups is 1. The van der Waals surface area contributed by atoms with Crippen molar-refractivity contribution >= 4 is 29.1 Å². The van der Waals surface area contributed by atoms with E-state index in [2.05, 4.69) is 31.0 Å². The first-order valence-electron chi connectivity index (χ1n) is 9.52. The van der Waals surface area contributed by atoms with Gasteiger partial charge in [0.05, 0.1) is 25.4 Å². The first kappa shape index (κ1) is 19.2. The molecule has 0 radical (unpaired) electrons. The lowest BCUT2D eigenvalue weighted by molar-refractivity contribution is -0.117. The molecule has 0 aromatic heterocycles. The molecule has 1 unspecified atom stereocenters. The summed E-state index contributed by atoms with van der Waals surface area (Å²) in [5.74, 6) is 1.93. The lowest BCUT2D eigenvalue weighted by Gasteiger charge is -2.16. The van der Waals surface area contributed by atoms with Crippen molar-refractivity contribution in [3.8, 4) is 11.5 Å². The number of methoxy groups -OCH3 is 1. The van der Waals surface area contributed by atoms with E-state index >= 15 is 0 Å². The maximum atomic E-state index is 11.1. The number of fused-ring (bicyclic) bond motifs is 1. The Balaban J connectivity index is 1.92. The van der Waals surface area contributed by atoms with Crippen LogP contribution in [0.1, 0.15) is 32.3 Å². The Morgan fingerprint density at radius 3 is 2.67 bits per heavy atom. The van der Waals surface area contributed by atoms with Crippen LogP contribution >= 0.6 is 0 Å². The van der Waals surface area contributed by atoms with Crippen LogP contribution in [0.5, 0.6) is 11.5 Å². The molecule has 144 valence electrons. The van der Waals surface area contributed by atoms with Gasteiger partial charge in [0.1, 0.15) is 0 Å². The summed E-state index contributed by atoms with van der Waals surface area (Å²) in [7, 11) is 1.66. The van der Waals surface area contributed by atoms with E-state index in [9.17, 15) is 4.79 Å². The third kappa shape index (κ3) is 4.41. The number of nitrogens with zero attached hydrogens (tertiary/aromatic N) is 2. The van der Waals surface area contributed by atoms with Crippen molar-refractivity contribution in [2.75, 3.05) is 20.3 Å². The monoisotopic (exact) mass is 368 g/mol. The summed E-state index contributed by atoms with van der Waals surface area (Å²) in [5.41, 5.74) is 2.01. The topological polar surface area (TPSA) is 51.1 Å². The first-order chi connectivity index (χ1) is 13.0. The van der Waals surface area contributed by atoms with Crippen molar-refractivity contribution in [1.82, 2.24) is 4.90 Å². The predicted octanol–water partition coefficient (Wildman–Crippen LogP) is 4.51. The van der Waals surface area contributed by atoms with Crippen LogP contribution in [0.25, 0.3) is 10.8 Å². The molecule has 5 heteroatoms. The zero-order valence-electron chi connectivity index (χ0n) is 16.6. The number of carbonyl (C=O) groups excluding carboxylic acids is 1. The number of amides is 1. The minimum Gasteiger partial charge on any atom is -0.493 e. The van der Waals surface area contributed by atoms with Crippen LogP contribution in [0.4, 0.5) is 5.69 Å². The quantitative estimate of drug-likeness (QED) is 0.533. The number of aryl methyl sites for hydroxylation is 1. The van der Waals surface area contributed by atoms with Crippen molar-refractivity contribution < 1.29 is 14.3 Å². The molecule has 0 spiro atoms. The maximum absolute atomic E-state index is 11.1. The summed E-state index contributed by atoms with van der Waals surface area (Å²) in [6, 6.07) is 8.31. The number of rotatable bonds is 7. The van der Waals surface area contributed by atoms with Crippen molar-refractivity contribution in [2.45, 2.75) is 39.7 Å². The van der Waals surface area contributed by atoms with Gasteiger partial charge in [0.15, 0.2) is 11.5 Å². The van der Waals surface area contributed by atoms with Crippen LogP contribution in [-0.2, 0) is 4.79 Å². The second kappa shape index (κ2) is 8.42. The highest BCUT2D eigenvalue weighted by Gasteiger charge is 2.21. The predicted molar refractivity (Wildman–Crippen MR) is 110 cm³/mol. The van der Waals surface area contributed by atoms with E-state index in [1.165, 1.54) is 0 Å². The summed E-state index contributed by atoms with van der Waals surface area (Å²) in [4.78, 5) is 17.6. The highest BCUT2D eigenvalue weighted by molar-refractivity contribution is 5.90. The Kier molecular flexibility index (Phi) is 5.99. The molecule has 1 saturated heterocycles. The fourth-order valence-corrected chi connectivity index (χ4v) is 3.35. The second-order valence-corrected chi connectivity index (χ2v) is 7.52. The smallest absolute Gasteiger partial charge is 0.210 e. The van der Waals surface area contributed by atoms with Gasteiger partial charge in [0.25, 0.3) is 0 Å². The molecule has 0 saturated carbocycles. The van der Waals surface area contributed by atoms with Crippen molar-refractivity contribution in [3.63, 3.8) is 0 Å². The van der Waals surface area contributed by atoms with Gasteiger partial charge in [-0.25, -0.2) is 0 Å². The lowest BCUT2D eigenvalue weighted by atomic mass is 10.0. The van der Waals surface area contributed by atoms with Gasteiger partial charge >= 0.3 is 0 Å². The van der Waals surface area contributed by atoms with E-state index < -0.39 is 0 Å². The molecule has 1 fully saturated rings. The average molecular weight is 368 g/mol. The Morgan fingerprint density at radius 2 is 1.96 bits per heavy atom. The highest BCUT2D eigenvalue weighted by atomic mass is 16.5. The number of likely N-dealkylation sites (tertiary alicyclic amines) is 1. The fraction of sp³-hybridized carbons (Fsp3) is 0.455. The zero-order chi connectivity index (χ0) is 19.4. The molecular formula is C22H28N2O3. The Morgan fingerprint density at radius 1 is 1.22 bits per heavy atom. The van der Waals surface area contributed by atoms with E-state index in [1.807, 2.05) is 30.2 Å². The molecule has 1 atom stereocenters. The van der Waals surface area contributed by atoms with E-state index in [0.29, 0.717) is 12.5 Å². The molecule has 3 rings (SSSR count). The van der Waals surface area contributed by atoms with Gasteiger partial charge in [0.2, 0.25) is 6.41 Å². The fourth-order valence-electron chi connectivity index (χ4n) is 3.35. The number of ether oxygens (including phenoxy) is 2. The van der Waals surface area contributed by atoms with Crippen LogP contribution in [0.3, 0.4) is 0 Å². The van der Waals surface area contributed by atoms with Gasteiger partial charge in [-0.15, -0.1) is 0 Å². The van der Waals surface area contributed by atoms with Gasteiger partial charge in [-0.2, -0.15) is 0 Å². The third-order valence-electron chi connectivity index (χ3n) is 4.87. The van der Waals surface area contributed by atoms with Gasteiger partial charge < -0.3 is 14.4 Å². The van der Waals surface area contributed by atoms with Gasteiger partial charge in [-0.1, -0.05) is 13.8 Å². The van der Waals surface area contributed by atoms with E-state index in [4.69, 9.17) is 9.47 Å². The SMILES string of the molecule is COc1cc2cc(C)c(N=CC3CCCN3C=O)cc2cc1OCC(C)C. The molecule has 5 nitrogen and oxygen atoms in total. The molecule has 2 aromatic rings. The number of hydrogen-bond acceptors (Lipinski definition) is 4. The summed E-state index contributed by atoms with van der Waals surface area (Å²) in [6.45, 7) is 7.74. The van der Waals surface area contributed by atoms with E-state index in [0.717, 1.165) is 59.3 Å². The van der Waals surface area contributed by atoms with Crippen molar-refractivity contribution in [1.29, 1.82) is 0 Å². The minimum absolute atomic E-state index is 0.0957. The third-order valence-corrected chi connectivity index (χ3v) is 4.87. The van der Waals surface area contributed by atoms with Crippen molar-refractivity contribution in [3.05, 3.63) is 29.8 Å². The first-order valence-corrected chi connectivity index (χ1v) is 9.52. The molecule has 2 aromatic carbocycles. The second-order valence-electron chi connectivity index (χ2n) is 7.52.